The summed E-state index contributed by atoms with van der Waals surface area (Å²) in [5.74, 6) is -7.16. The molecule has 11 nitrogen and oxygen atoms in total. The van der Waals surface area contributed by atoms with Crippen LogP contribution in [0.15, 0.2) is 53.3 Å². The highest BCUT2D eigenvalue weighted by Gasteiger charge is 2.64. The van der Waals surface area contributed by atoms with E-state index in [1.807, 2.05) is 0 Å². The second-order valence-electron chi connectivity index (χ2n) is 10.7. The van der Waals surface area contributed by atoms with E-state index in [0.717, 1.165) is 5.56 Å². The van der Waals surface area contributed by atoms with Crippen LogP contribution in [0.25, 0.3) is 16.9 Å². The molecule has 11 heteroatoms. The Hall–Kier alpha value is -4.48. The van der Waals surface area contributed by atoms with Crippen molar-refractivity contribution in [1.82, 2.24) is 4.90 Å². The molecular formula is C29H29N3O8. The van der Waals surface area contributed by atoms with Crippen molar-refractivity contribution in [2.24, 2.45) is 17.6 Å². The second kappa shape index (κ2) is 9.32. The topological polar surface area (TPSA) is 190 Å². The third kappa shape index (κ3) is 3.81. The maximum atomic E-state index is 13.9. The van der Waals surface area contributed by atoms with Crippen LogP contribution in [0.4, 0.5) is 5.69 Å². The largest absolute Gasteiger partial charge is 0.508 e. The van der Waals surface area contributed by atoms with Gasteiger partial charge in [-0.05, 0) is 67.7 Å². The Balaban J connectivity index is 1.68. The van der Waals surface area contributed by atoms with Crippen LogP contribution in [0, 0.1) is 11.8 Å². The fraction of sp³-hybridized carbons (Fsp3) is 0.310. The number of carbonyl (C=O) groups excluding carboxylic acids is 4. The molecular weight excluding hydrogens is 518 g/mol. The molecule has 0 aromatic heterocycles. The lowest BCUT2D eigenvalue weighted by atomic mass is 9.57. The van der Waals surface area contributed by atoms with Crippen molar-refractivity contribution in [3.63, 3.8) is 0 Å². The van der Waals surface area contributed by atoms with Crippen molar-refractivity contribution in [2.75, 3.05) is 19.4 Å². The van der Waals surface area contributed by atoms with E-state index < -0.39 is 58.0 Å². The molecule has 2 aromatic rings. The number of primary amides is 1. The van der Waals surface area contributed by atoms with E-state index in [2.05, 4.69) is 5.32 Å². The zero-order valence-electron chi connectivity index (χ0n) is 22.1. The Morgan fingerprint density at radius 1 is 1.05 bits per heavy atom. The Bertz CT molecular complexity index is 1560. The maximum Gasteiger partial charge on any atom is 0.255 e. The first-order valence-corrected chi connectivity index (χ1v) is 12.7. The molecule has 0 spiro atoms. The van der Waals surface area contributed by atoms with Gasteiger partial charge in [-0.3, -0.25) is 24.1 Å². The van der Waals surface area contributed by atoms with Crippen LogP contribution in [0.2, 0.25) is 0 Å². The first-order chi connectivity index (χ1) is 18.8. The van der Waals surface area contributed by atoms with Crippen LogP contribution in [-0.2, 0) is 25.6 Å². The maximum absolute atomic E-state index is 13.9. The van der Waals surface area contributed by atoms with E-state index in [9.17, 15) is 39.6 Å². The highest BCUT2D eigenvalue weighted by atomic mass is 16.3. The predicted octanol–water partition coefficient (Wildman–Crippen LogP) is 1.59. The lowest BCUT2D eigenvalue weighted by Gasteiger charge is -2.50. The molecule has 40 heavy (non-hydrogen) atoms. The van der Waals surface area contributed by atoms with E-state index in [1.54, 1.807) is 44.4 Å². The number of phenols is 1. The molecule has 1 saturated carbocycles. The number of hydrogen-bond acceptors (Lipinski definition) is 9. The van der Waals surface area contributed by atoms with E-state index in [0.29, 0.717) is 16.8 Å². The number of fused-ring (bicyclic) bond motifs is 3. The number of ketones is 2. The lowest BCUT2D eigenvalue weighted by molar-refractivity contribution is -0.153. The number of Topliss-reactive ketones (excluding diaryl/α,β-unsaturated/α-hetero) is 2. The second-order valence-corrected chi connectivity index (χ2v) is 10.7. The number of aliphatic hydroxyl groups excluding tert-OH is 2. The summed E-state index contributed by atoms with van der Waals surface area (Å²) in [6, 6.07) is 8.88. The van der Waals surface area contributed by atoms with Crippen LogP contribution >= 0.6 is 0 Å². The number of carbonyl (C=O) groups is 4. The lowest BCUT2D eigenvalue weighted by Crippen LogP contribution is -2.65. The molecule has 1 fully saturated rings. The smallest absolute Gasteiger partial charge is 0.255 e. The van der Waals surface area contributed by atoms with Crippen LogP contribution in [-0.4, -0.2) is 74.4 Å². The Morgan fingerprint density at radius 3 is 2.27 bits per heavy atom. The molecule has 2 amide bonds. The van der Waals surface area contributed by atoms with Gasteiger partial charge < -0.3 is 31.5 Å². The number of phenolic OH excluding ortho intramolecular Hbond substituents is 1. The molecule has 7 N–H and O–H groups in total. The van der Waals surface area contributed by atoms with E-state index in [4.69, 9.17) is 5.73 Å². The highest BCUT2D eigenvalue weighted by molar-refractivity contribution is 6.24. The number of rotatable bonds is 4. The van der Waals surface area contributed by atoms with Gasteiger partial charge in [0.05, 0.1) is 11.6 Å². The number of aliphatic hydroxyl groups is 3. The summed E-state index contributed by atoms with van der Waals surface area (Å²) in [6.07, 6.45) is 0.175. The molecule has 2 aromatic carbocycles. The van der Waals surface area contributed by atoms with E-state index in [1.165, 1.54) is 17.9 Å². The van der Waals surface area contributed by atoms with Gasteiger partial charge in [0.2, 0.25) is 11.7 Å². The fourth-order valence-electron chi connectivity index (χ4n) is 6.45. The zero-order valence-corrected chi connectivity index (χ0v) is 22.1. The minimum Gasteiger partial charge on any atom is -0.508 e. The average molecular weight is 548 g/mol. The number of aromatic hydroxyl groups is 1. The summed E-state index contributed by atoms with van der Waals surface area (Å²) < 4.78 is 0. The van der Waals surface area contributed by atoms with Crippen LogP contribution in [0.5, 0.6) is 5.75 Å². The van der Waals surface area contributed by atoms with Crippen LogP contribution in [0.3, 0.4) is 0 Å². The third-order valence-corrected chi connectivity index (χ3v) is 8.12. The number of amides is 2. The number of likely N-dealkylation sites (N-methyl/N-ethyl adjacent to an activating group) is 1. The van der Waals surface area contributed by atoms with Crippen molar-refractivity contribution < 1.29 is 39.6 Å². The van der Waals surface area contributed by atoms with Crippen molar-refractivity contribution in [1.29, 1.82) is 0 Å². The van der Waals surface area contributed by atoms with E-state index >= 15 is 0 Å². The molecule has 4 atom stereocenters. The van der Waals surface area contributed by atoms with Crippen molar-refractivity contribution >= 4 is 34.8 Å². The van der Waals surface area contributed by atoms with Gasteiger partial charge in [-0.2, -0.15) is 0 Å². The Labute approximate surface area is 229 Å². The third-order valence-electron chi connectivity index (χ3n) is 8.12. The molecule has 3 aliphatic rings. The first-order valence-electron chi connectivity index (χ1n) is 12.7. The number of nitrogens with zero attached hydrogens (tertiary/aromatic N) is 1. The predicted molar refractivity (Wildman–Crippen MR) is 144 cm³/mol. The normalized spacial score (nSPS) is 25.9. The summed E-state index contributed by atoms with van der Waals surface area (Å²) in [4.78, 5) is 52.1. The van der Waals surface area contributed by atoms with Gasteiger partial charge in [-0.25, -0.2) is 0 Å². The quantitative estimate of drug-likeness (QED) is 0.309. The molecule has 0 unspecified atom stereocenters. The monoisotopic (exact) mass is 547 g/mol. The number of anilines is 1. The molecule has 208 valence electrons. The standard InChI is InChI=1S/C29H29N3O8/c1-12(33)31-15-6-4-13(5-7-15)16-8-9-19(34)21-17(16)10-14-11-18-23(32(2)3)25(36)22(28(30)39)27(38)29(18,40)26(37)20(14)24(21)35/h4-9,14,18,23,34-35,38,40H,10-11H2,1-3H3,(H2,30,39)(H,31,33)/t14-,18-,23-,29-/m1/s1. The van der Waals surface area contributed by atoms with Crippen molar-refractivity contribution in [3.05, 3.63) is 64.4 Å². The average Bonchev–Trinajstić information content (AvgIpc) is 2.86. The zero-order chi connectivity index (χ0) is 29.3. The van der Waals surface area contributed by atoms with Gasteiger partial charge in [-0.1, -0.05) is 18.2 Å². The molecule has 0 heterocycles. The van der Waals surface area contributed by atoms with Crippen LogP contribution in [0.1, 0.15) is 24.5 Å². The first kappa shape index (κ1) is 27.1. The van der Waals surface area contributed by atoms with Gasteiger partial charge in [0, 0.05) is 24.1 Å². The SMILES string of the molecule is CC(=O)Nc1ccc(-c2ccc(O)c3c2C[C@@H]2C[C@@H]4[C@@H](N(C)C)C(=O)C(C(N)=O)=C(O)[C@]4(O)C(=O)C2=C3O)cc1. The molecule has 0 radical (unpaired) electrons. The Kier molecular flexibility index (Phi) is 6.31. The Morgan fingerprint density at radius 2 is 1.70 bits per heavy atom. The summed E-state index contributed by atoms with van der Waals surface area (Å²) in [6.45, 7) is 1.40. The van der Waals surface area contributed by atoms with Crippen molar-refractivity contribution in [3.8, 4) is 16.9 Å². The minimum atomic E-state index is -2.68. The van der Waals surface area contributed by atoms with Gasteiger partial charge in [0.1, 0.15) is 22.8 Å². The van der Waals surface area contributed by atoms with Gasteiger partial charge in [0.15, 0.2) is 11.4 Å². The van der Waals surface area contributed by atoms with Crippen LogP contribution < -0.4 is 11.1 Å². The highest BCUT2D eigenvalue weighted by Crippen LogP contribution is 2.53. The summed E-state index contributed by atoms with van der Waals surface area (Å²) in [7, 11) is 3.10. The number of hydrogen-bond donors (Lipinski definition) is 6. The minimum absolute atomic E-state index is 0.00231. The van der Waals surface area contributed by atoms with Gasteiger partial charge >= 0.3 is 0 Å². The van der Waals surface area contributed by atoms with E-state index in [-0.39, 0.29) is 35.6 Å². The summed E-state index contributed by atoms with van der Waals surface area (Å²) >= 11 is 0. The van der Waals surface area contributed by atoms with Gasteiger partial charge in [0.25, 0.3) is 5.91 Å². The number of benzene rings is 2. The summed E-state index contributed by atoms with van der Waals surface area (Å²) in [5, 5.41) is 47.4. The number of nitrogens with one attached hydrogen (secondary N) is 1. The molecule has 0 saturated heterocycles. The number of nitrogens with two attached hydrogens (primary N) is 1. The van der Waals surface area contributed by atoms with Crippen molar-refractivity contribution in [2.45, 2.75) is 31.4 Å². The van der Waals surface area contributed by atoms with Gasteiger partial charge in [-0.15, -0.1) is 0 Å². The molecule has 5 rings (SSSR count). The molecule has 3 aliphatic carbocycles. The fourth-order valence-corrected chi connectivity index (χ4v) is 6.45. The molecule has 0 bridgehead atoms. The summed E-state index contributed by atoms with van der Waals surface area (Å²) in [5.41, 5.74) is 4.16. The molecule has 0 aliphatic heterocycles.